The lowest BCUT2D eigenvalue weighted by atomic mass is 10.00. The van der Waals surface area contributed by atoms with Crippen molar-refractivity contribution in [1.82, 2.24) is 4.90 Å². The second kappa shape index (κ2) is 15.6. The molecule has 1 amide bonds. The van der Waals surface area contributed by atoms with Gasteiger partial charge in [0.25, 0.3) is 0 Å². The summed E-state index contributed by atoms with van der Waals surface area (Å²) in [6.07, 6.45) is -4.54. The Bertz CT molecular complexity index is 1560. The fourth-order valence-corrected chi connectivity index (χ4v) is 4.71. The van der Waals surface area contributed by atoms with Crippen LogP contribution >= 0.6 is 0 Å². The molecule has 1 atom stereocenters. The number of hydrogen-bond donors (Lipinski definition) is 1. The Balaban J connectivity index is 1.35. The highest BCUT2D eigenvalue weighted by atomic mass is 19.4. The van der Waals surface area contributed by atoms with Crippen molar-refractivity contribution in [2.45, 2.75) is 31.6 Å². The van der Waals surface area contributed by atoms with Crippen molar-refractivity contribution >= 4 is 23.3 Å². The molecular formula is C35H33F3N2O5. The number of halogens is 3. The SMILES string of the molecule is COC(=O)[C@H](Cc1ccc(OCCCN(Cc2ccccc2)C(=O)C(F)(F)F)cc1)Nc1ccccc1C(=O)c1ccccc1. The van der Waals surface area contributed by atoms with E-state index in [-0.39, 0.29) is 38.3 Å². The van der Waals surface area contributed by atoms with Gasteiger partial charge in [-0.3, -0.25) is 9.59 Å². The topological polar surface area (TPSA) is 84.9 Å². The van der Waals surface area contributed by atoms with Crippen LogP contribution < -0.4 is 10.1 Å². The quantitative estimate of drug-likeness (QED) is 0.0991. The van der Waals surface area contributed by atoms with Crippen molar-refractivity contribution in [3.63, 3.8) is 0 Å². The third-order valence-corrected chi connectivity index (χ3v) is 6.97. The minimum absolute atomic E-state index is 0.0916. The molecule has 1 N–H and O–H groups in total. The van der Waals surface area contributed by atoms with Gasteiger partial charge in [0, 0.05) is 36.3 Å². The number of para-hydroxylation sites is 1. The molecule has 0 aromatic heterocycles. The summed E-state index contributed by atoms with van der Waals surface area (Å²) in [5.41, 5.74) is 2.81. The summed E-state index contributed by atoms with van der Waals surface area (Å²) in [5, 5.41) is 3.16. The third kappa shape index (κ3) is 9.43. The second-order valence-electron chi connectivity index (χ2n) is 10.2. The zero-order chi connectivity index (χ0) is 32.2. The number of amides is 1. The molecule has 234 valence electrons. The molecule has 0 fully saturated rings. The maximum Gasteiger partial charge on any atom is 0.471 e. The van der Waals surface area contributed by atoms with Gasteiger partial charge in [0.1, 0.15) is 11.8 Å². The molecule has 10 heteroatoms. The predicted octanol–water partition coefficient (Wildman–Crippen LogP) is 6.47. The molecule has 0 heterocycles. The van der Waals surface area contributed by atoms with Crippen molar-refractivity contribution in [3.05, 3.63) is 131 Å². The lowest BCUT2D eigenvalue weighted by molar-refractivity contribution is -0.186. The summed E-state index contributed by atoms with van der Waals surface area (Å²) in [5.74, 6) is -2.10. The number of methoxy groups -OCH3 is 1. The molecule has 0 bridgehead atoms. The molecule has 0 aliphatic carbocycles. The Labute approximate surface area is 259 Å². The van der Waals surface area contributed by atoms with Gasteiger partial charge >= 0.3 is 18.1 Å². The van der Waals surface area contributed by atoms with Gasteiger partial charge in [0.05, 0.1) is 13.7 Å². The summed E-state index contributed by atoms with van der Waals surface area (Å²) in [4.78, 5) is 38.6. The van der Waals surface area contributed by atoms with Gasteiger partial charge in [-0.1, -0.05) is 84.9 Å². The Hall–Kier alpha value is -5.12. The average molecular weight is 619 g/mol. The van der Waals surface area contributed by atoms with Crippen LogP contribution in [0.4, 0.5) is 18.9 Å². The van der Waals surface area contributed by atoms with Crippen molar-refractivity contribution in [2.75, 3.05) is 25.6 Å². The van der Waals surface area contributed by atoms with Gasteiger partial charge in [0.2, 0.25) is 0 Å². The summed E-state index contributed by atoms with van der Waals surface area (Å²) in [6, 6.07) is 30.4. The molecule has 4 rings (SSSR count). The fraction of sp³-hybridized carbons (Fsp3) is 0.229. The maximum atomic E-state index is 13.2. The predicted molar refractivity (Wildman–Crippen MR) is 164 cm³/mol. The monoisotopic (exact) mass is 618 g/mol. The largest absolute Gasteiger partial charge is 0.494 e. The fourth-order valence-electron chi connectivity index (χ4n) is 4.71. The van der Waals surface area contributed by atoms with E-state index in [1.165, 1.54) is 7.11 Å². The van der Waals surface area contributed by atoms with Crippen LogP contribution in [0.2, 0.25) is 0 Å². The van der Waals surface area contributed by atoms with Crippen molar-refractivity contribution in [2.24, 2.45) is 0 Å². The second-order valence-corrected chi connectivity index (χ2v) is 10.2. The first-order chi connectivity index (χ1) is 21.7. The van der Waals surface area contributed by atoms with Crippen LogP contribution in [0.1, 0.15) is 33.5 Å². The van der Waals surface area contributed by atoms with Gasteiger partial charge in [-0.05, 0) is 41.8 Å². The van der Waals surface area contributed by atoms with E-state index in [4.69, 9.17) is 9.47 Å². The number of esters is 1. The molecule has 0 radical (unpaired) electrons. The van der Waals surface area contributed by atoms with E-state index in [1.54, 1.807) is 103 Å². The van der Waals surface area contributed by atoms with Crippen LogP contribution in [-0.4, -0.2) is 55.0 Å². The van der Waals surface area contributed by atoms with Crippen molar-refractivity contribution in [3.8, 4) is 5.75 Å². The van der Waals surface area contributed by atoms with Crippen molar-refractivity contribution in [1.29, 1.82) is 0 Å². The summed E-state index contributed by atoms with van der Waals surface area (Å²) in [7, 11) is 1.29. The minimum atomic E-state index is -4.97. The zero-order valence-electron chi connectivity index (χ0n) is 24.6. The average Bonchev–Trinajstić information content (AvgIpc) is 3.06. The van der Waals surface area contributed by atoms with Crippen molar-refractivity contribution < 1.29 is 37.0 Å². The highest BCUT2D eigenvalue weighted by molar-refractivity contribution is 6.12. The maximum absolute atomic E-state index is 13.2. The number of rotatable bonds is 14. The number of benzene rings is 4. The molecule has 7 nitrogen and oxygen atoms in total. The number of nitrogens with zero attached hydrogens (tertiary/aromatic N) is 1. The van der Waals surface area contributed by atoms with E-state index >= 15 is 0 Å². The number of carbonyl (C=O) groups excluding carboxylic acids is 3. The zero-order valence-corrected chi connectivity index (χ0v) is 24.6. The smallest absolute Gasteiger partial charge is 0.471 e. The van der Waals surface area contributed by atoms with E-state index in [0.29, 0.717) is 28.1 Å². The normalized spacial score (nSPS) is 11.7. The molecule has 0 unspecified atom stereocenters. The molecular weight excluding hydrogens is 585 g/mol. The first-order valence-corrected chi connectivity index (χ1v) is 14.3. The number of hydrogen-bond acceptors (Lipinski definition) is 6. The van der Waals surface area contributed by atoms with E-state index in [9.17, 15) is 27.6 Å². The molecule has 4 aromatic carbocycles. The highest BCUT2D eigenvalue weighted by Crippen LogP contribution is 2.23. The summed E-state index contributed by atoms with van der Waals surface area (Å²) < 4.78 is 50.2. The highest BCUT2D eigenvalue weighted by Gasteiger charge is 2.42. The van der Waals surface area contributed by atoms with Crippen LogP contribution in [0.25, 0.3) is 0 Å². The van der Waals surface area contributed by atoms with Gasteiger partial charge < -0.3 is 19.7 Å². The Morgan fingerprint density at radius 1 is 0.800 bits per heavy atom. The van der Waals surface area contributed by atoms with Crippen LogP contribution in [0.5, 0.6) is 5.75 Å². The number of alkyl halides is 3. The Morgan fingerprint density at radius 3 is 2.07 bits per heavy atom. The number of ketones is 1. The summed E-state index contributed by atoms with van der Waals surface area (Å²) >= 11 is 0. The number of anilines is 1. The first-order valence-electron chi connectivity index (χ1n) is 14.3. The van der Waals surface area contributed by atoms with E-state index in [2.05, 4.69) is 5.32 Å². The van der Waals surface area contributed by atoms with Gasteiger partial charge in [-0.2, -0.15) is 13.2 Å². The minimum Gasteiger partial charge on any atom is -0.494 e. The van der Waals surface area contributed by atoms with Crippen LogP contribution in [-0.2, 0) is 27.3 Å². The lowest BCUT2D eigenvalue weighted by Crippen LogP contribution is -2.41. The molecule has 0 saturated heterocycles. The lowest BCUT2D eigenvalue weighted by Gasteiger charge is -2.24. The van der Waals surface area contributed by atoms with E-state index in [1.807, 2.05) is 6.07 Å². The van der Waals surface area contributed by atoms with Crippen LogP contribution in [0, 0.1) is 0 Å². The molecule has 0 spiro atoms. The standard InChI is InChI=1S/C35H33F3N2O5/c1-44-33(42)31(39-30-16-9-8-15-29(30)32(41)27-13-6-3-7-14-27)23-25-17-19-28(20-18-25)45-22-10-21-40(34(43)35(36,37)38)24-26-11-4-2-5-12-26/h2-9,11-20,31,39H,10,21-24H2,1H3/t31-/m0/s1. The molecule has 0 aliphatic heterocycles. The van der Waals surface area contributed by atoms with Crippen LogP contribution in [0.3, 0.4) is 0 Å². The van der Waals surface area contributed by atoms with Gasteiger partial charge in [0.15, 0.2) is 5.78 Å². The molecule has 4 aromatic rings. The Morgan fingerprint density at radius 2 is 1.42 bits per heavy atom. The number of ether oxygens (including phenoxy) is 2. The van der Waals surface area contributed by atoms with Gasteiger partial charge in [-0.25, -0.2) is 4.79 Å². The first kappa shape index (κ1) is 32.8. The van der Waals surface area contributed by atoms with E-state index in [0.717, 1.165) is 10.5 Å². The van der Waals surface area contributed by atoms with E-state index < -0.39 is 24.1 Å². The number of carbonyl (C=O) groups is 3. The van der Waals surface area contributed by atoms with Gasteiger partial charge in [-0.15, -0.1) is 0 Å². The number of nitrogens with one attached hydrogen (secondary N) is 1. The molecule has 0 saturated carbocycles. The molecule has 45 heavy (non-hydrogen) atoms. The summed E-state index contributed by atoms with van der Waals surface area (Å²) in [6.45, 7) is -0.200. The van der Waals surface area contributed by atoms with Crippen LogP contribution in [0.15, 0.2) is 109 Å². The third-order valence-electron chi connectivity index (χ3n) is 6.97. The Kier molecular flexibility index (Phi) is 11.3. The molecule has 0 aliphatic rings.